The number of thiocarbonyl (C=S) groups is 1. The van der Waals surface area contributed by atoms with Gasteiger partial charge >= 0.3 is 0 Å². The maximum Gasteiger partial charge on any atom is 0.138 e. The Hall–Kier alpha value is -0.450. The van der Waals surface area contributed by atoms with E-state index in [0.29, 0.717) is 14.4 Å². The molecule has 1 nitrogen and oxygen atoms in total. The Morgan fingerprint density at radius 2 is 1.70 bits per heavy atom. The SMILES string of the molecule is S=C(Nc1ccc(Cl)c(Cl)c1)SCc1ccc(Cl)cc1. The first kappa shape index (κ1) is 15.9. The van der Waals surface area contributed by atoms with Crippen molar-refractivity contribution < 1.29 is 0 Å². The molecule has 0 atom stereocenters. The molecule has 6 heteroatoms. The van der Waals surface area contributed by atoms with Gasteiger partial charge in [0.1, 0.15) is 4.32 Å². The van der Waals surface area contributed by atoms with E-state index < -0.39 is 0 Å². The van der Waals surface area contributed by atoms with Gasteiger partial charge in [0.25, 0.3) is 0 Å². The molecule has 2 aromatic carbocycles. The van der Waals surface area contributed by atoms with E-state index in [1.807, 2.05) is 30.3 Å². The minimum absolute atomic E-state index is 0.502. The van der Waals surface area contributed by atoms with Crippen molar-refractivity contribution in [2.45, 2.75) is 5.75 Å². The molecule has 0 amide bonds. The van der Waals surface area contributed by atoms with E-state index in [9.17, 15) is 0 Å². The van der Waals surface area contributed by atoms with Crippen LogP contribution in [0.4, 0.5) is 5.69 Å². The highest BCUT2D eigenvalue weighted by atomic mass is 35.5. The van der Waals surface area contributed by atoms with Crippen LogP contribution in [0.2, 0.25) is 15.1 Å². The molecule has 0 fully saturated rings. The molecular weight excluding hydrogens is 353 g/mol. The summed E-state index contributed by atoms with van der Waals surface area (Å²) in [5, 5.41) is 4.88. The van der Waals surface area contributed by atoms with E-state index in [-0.39, 0.29) is 0 Å². The second kappa shape index (κ2) is 7.53. The van der Waals surface area contributed by atoms with Crippen molar-refractivity contribution in [2.24, 2.45) is 0 Å². The highest BCUT2D eigenvalue weighted by Crippen LogP contribution is 2.26. The maximum absolute atomic E-state index is 5.95. The quantitative estimate of drug-likeness (QED) is 0.645. The van der Waals surface area contributed by atoms with Crippen LogP contribution in [-0.4, -0.2) is 4.32 Å². The van der Waals surface area contributed by atoms with Crippen molar-refractivity contribution in [3.63, 3.8) is 0 Å². The summed E-state index contributed by atoms with van der Waals surface area (Å²) in [5.74, 6) is 0.782. The van der Waals surface area contributed by atoms with Gasteiger partial charge in [-0.25, -0.2) is 0 Å². The Labute approximate surface area is 142 Å². The number of halogens is 3. The lowest BCUT2D eigenvalue weighted by Gasteiger charge is -2.08. The van der Waals surface area contributed by atoms with Crippen LogP contribution in [0.3, 0.4) is 0 Å². The summed E-state index contributed by atoms with van der Waals surface area (Å²) < 4.78 is 0.679. The predicted octanol–water partition coefficient (Wildman–Crippen LogP) is 6.28. The molecule has 0 aromatic heterocycles. The van der Waals surface area contributed by atoms with Crippen molar-refractivity contribution in [2.75, 3.05) is 5.32 Å². The Kier molecular flexibility index (Phi) is 6.00. The summed E-state index contributed by atoms with van der Waals surface area (Å²) in [6.07, 6.45) is 0. The number of rotatable bonds is 3. The number of benzene rings is 2. The fourth-order valence-electron chi connectivity index (χ4n) is 1.46. The lowest BCUT2D eigenvalue weighted by atomic mass is 10.2. The molecule has 1 N–H and O–H groups in total. The highest BCUT2D eigenvalue weighted by molar-refractivity contribution is 8.22. The summed E-state index contributed by atoms with van der Waals surface area (Å²) in [6, 6.07) is 13.0. The Bertz CT molecular complexity index is 614. The standard InChI is InChI=1S/C14H10Cl3NS2/c15-10-3-1-9(2-4-10)8-20-14(19)18-11-5-6-12(16)13(17)7-11/h1-7H,8H2,(H,18,19). The number of thioether (sulfide) groups is 1. The molecular formula is C14H10Cl3NS2. The van der Waals surface area contributed by atoms with E-state index in [2.05, 4.69) is 5.32 Å². The van der Waals surface area contributed by atoms with E-state index in [0.717, 1.165) is 22.0 Å². The zero-order valence-electron chi connectivity index (χ0n) is 10.2. The fraction of sp³-hybridized carbons (Fsp3) is 0.0714. The maximum atomic E-state index is 5.95. The number of hydrogen-bond donors (Lipinski definition) is 1. The lowest BCUT2D eigenvalue weighted by Crippen LogP contribution is -2.04. The molecule has 2 rings (SSSR count). The van der Waals surface area contributed by atoms with Crippen LogP contribution in [0.15, 0.2) is 42.5 Å². The van der Waals surface area contributed by atoms with E-state index in [1.165, 1.54) is 0 Å². The van der Waals surface area contributed by atoms with E-state index in [4.69, 9.17) is 47.0 Å². The van der Waals surface area contributed by atoms with Crippen LogP contribution in [0.5, 0.6) is 0 Å². The third-order valence-electron chi connectivity index (χ3n) is 2.45. The van der Waals surface area contributed by atoms with Gasteiger partial charge < -0.3 is 5.32 Å². The summed E-state index contributed by atoms with van der Waals surface area (Å²) in [5.41, 5.74) is 1.99. The zero-order chi connectivity index (χ0) is 14.5. The van der Waals surface area contributed by atoms with Gasteiger partial charge in [-0.1, -0.05) is 70.9 Å². The Balaban J connectivity index is 1.89. The van der Waals surface area contributed by atoms with E-state index >= 15 is 0 Å². The lowest BCUT2D eigenvalue weighted by molar-refractivity contribution is 1.42. The fourth-order valence-corrected chi connectivity index (χ4v) is 2.86. The van der Waals surface area contributed by atoms with Crippen LogP contribution < -0.4 is 5.32 Å². The van der Waals surface area contributed by atoms with Gasteiger partial charge in [0.15, 0.2) is 0 Å². The van der Waals surface area contributed by atoms with Crippen LogP contribution in [0.1, 0.15) is 5.56 Å². The molecule has 2 aromatic rings. The largest absolute Gasteiger partial charge is 0.341 e. The smallest absolute Gasteiger partial charge is 0.138 e. The van der Waals surface area contributed by atoms with Crippen molar-refractivity contribution in [3.05, 3.63) is 63.1 Å². The summed E-state index contributed by atoms with van der Waals surface area (Å²) in [4.78, 5) is 0. The minimum atomic E-state index is 0.502. The third-order valence-corrected chi connectivity index (χ3v) is 4.74. The average Bonchev–Trinajstić information content (AvgIpc) is 2.42. The topological polar surface area (TPSA) is 12.0 Å². The van der Waals surface area contributed by atoms with Gasteiger partial charge in [-0.3, -0.25) is 0 Å². The first-order valence-corrected chi connectivity index (χ1v) is 8.20. The second-order valence-electron chi connectivity index (χ2n) is 3.96. The molecule has 0 radical (unpaired) electrons. The van der Waals surface area contributed by atoms with Gasteiger partial charge in [0.05, 0.1) is 10.0 Å². The van der Waals surface area contributed by atoms with Crippen molar-refractivity contribution >= 4 is 68.8 Å². The van der Waals surface area contributed by atoms with Crippen molar-refractivity contribution in [1.29, 1.82) is 0 Å². The zero-order valence-corrected chi connectivity index (χ0v) is 14.1. The van der Waals surface area contributed by atoms with Gasteiger partial charge in [0.2, 0.25) is 0 Å². The van der Waals surface area contributed by atoms with Gasteiger partial charge in [-0.15, -0.1) is 0 Å². The van der Waals surface area contributed by atoms with Crippen LogP contribution in [0, 0.1) is 0 Å². The number of nitrogens with one attached hydrogen (secondary N) is 1. The van der Waals surface area contributed by atoms with Crippen LogP contribution in [-0.2, 0) is 5.75 Å². The molecule has 104 valence electrons. The summed E-state index contributed by atoms with van der Waals surface area (Å²) >= 11 is 24.5. The second-order valence-corrected chi connectivity index (χ2v) is 6.86. The number of anilines is 1. The van der Waals surface area contributed by atoms with Crippen LogP contribution in [0.25, 0.3) is 0 Å². The molecule has 20 heavy (non-hydrogen) atoms. The Morgan fingerprint density at radius 3 is 2.35 bits per heavy atom. The number of hydrogen-bond acceptors (Lipinski definition) is 2. The summed E-state index contributed by atoms with van der Waals surface area (Å²) in [7, 11) is 0. The van der Waals surface area contributed by atoms with Gasteiger partial charge in [0, 0.05) is 16.5 Å². The molecule has 0 saturated heterocycles. The van der Waals surface area contributed by atoms with Crippen molar-refractivity contribution in [3.8, 4) is 0 Å². The first-order valence-electron chi connectivity index (χ1n) is 5.68. The molecule has 0 bridgehead atoms. The van der Waals surface area contributed by atoms with E-state index in [1.54, 1.807) is 23.9 Å². The molecule has 0 heterocycles. The molecule has 0 aliphatic rings. The molecule has 0 spiro atoms. The summed E-state index contributed by atoms with van der Waals surface area (Å²) in [6.45, 7) is 0. The Morgan fingerprint density at radius 1 is 1.00 bits per heavy atom. The molecule has 0 unspecified atom stereocenters. The normalized spacial score (nSPS) is 10.3. The monoisotopic (exact) mass is 361 g/mol. The first-order chi connectivity index (χ1) is 9.54. The highest BCUT2D eigenvalue weighted by Gasteiger charge is 2.03. The predicted molar refractivity (Wildman–Crippen MR) is 95.4 cm³/mol. The minimum Gasteiger partial charge on any atom is -0.341 e. The van der Waals surface area contributed by atoms with Gasteiger partial charge in [-0.2, -0.15) is 0 Å². The van der Waals surface area contributed by atoms with Gasteiger partial charge in [-0.05, 0) is 35.9 Å². The van der Waals surface area contributed by atoms with Crippen molar-refractivity contribution in [1.82, 2.24) is 0 Å². The van der Waals surface area contributed by atoms with Crippen LogP contribution >= 0.6 is 58.8 Å². The molecule has 0 aliphatic carbocycles. The average molecular weight is 363 g/mol. The molecule has 0 aliphatic heterocycles. The molecule has 0 saturated carbocycles. The third kappa shape index (κ3) is 4.83.